The molecule has 0 aliphatic rings. The van der Waals surface area contributed by atoms with Crippen molar-refractivity contribution in [1.82, 2.24) is 10.6 Å². The molecule has 0 saturated carbocycles. The van der Waals surface area contributed by atoms with Crippen LogP contribution >= 0.6 is 11.6 Å². The fourth-order valence-electron chi connectivity index (χ4n) is 2.46. The van der Waals surface area contributed by atoms with Gasteiger partial charge in [-0.2, -0.15) is 0 Å². The fraction of sp³-hybridized carbons (Fsp3) is 0.316. The van der Waals surface area contributed by atoms with Crippen molar-refractivity contribution in [3.05, 3.63) is 70.7 Å². The van der Waals surface area contributed by atoms with Gasteiger partial charge in [-0.3, -0.25) is 0 Å². The summed E-state index contributed by atoms with van der Waals surface area (Å²) in [6, 6.07) is 18.2. The van der Waals surface area contributed by atoms with Crippen molar-refractivity contribution < 1.29 is 14.6 Å². The number of halogens is 1. The van der Waals surface area contributed by atoms with Crippen molar-refractivity contribution >= 4 is 17.6 Å². The highest BCUT2D eigenvalue weighted by molar-refractivity contribution is 6.30. The third-order valence-corrected chi connectivity index (χ3v) is 3.89. The largest absolute Gasteiger partial charge is 0.480 e. The maximum absolute atomic E-state index is 10.3. The van der Waals surface area contributed by atoms with Gasteiger partial charge in [0.2, 0.25) is 0 Å². The van der Waals surface area contributed by atoms with Crippen molar-refractivity contribution in [3.63, 3.8) is 0 Å². The second-order valence-electron chi connectivity index (χ2n) is 5.55. The van der Waals surface area contributed by atoms with Crippen LogP contribution in [0.25, 0.3) is 0 Å². The number of benzene rings is 2. The molecule has 6 heteroatoms. The highest BCUT2D eigenvalue weighted by Crippen LogP contribution is 2.23. The third kappa shape index (κ3) is 7.23. The molecule has 2 aromatic rings. The van der Waals surface area contributed by atoms with E-state index in [0.717, 1.165) is 23.7 Å². The number of hydrogen-bond donors (Lipinski definition) is 3. The molecular formula is C19H23ClN2O3. The van der Waals surface area contributed by atoms with E-state index in [2.05, 4.69) is 22.8 Å². The van der Waals surface area contributed by atoms with E-state index in [0.29, 0.717) is 13.2 Å². The molecule has 2 aromatic carbocycles. The summed E-state index contributed by atoms with van der Waals surface area (Å²) < 4.78 is 4.98. The molecule has 25 heavy (non-hydrogen) atoms. The van der Waals surface area contributed by atoms with Gasteiger partial charge in [0.1, 0.15) is 6.61 Å². The molecule has 0 bridgehead atoms. The Hall–Kier alpha value is -1.92. The van der Waals surface area contributed by atoms with Crippen LogP contribution in [-0.4, -0.2) is 43.9 Å². The van der Waals surface area contributed by atoms with Crippen molar-refractivity contribution in [1.29, 1.82) is 0 Å². The minimum atomic E-state index is -0.949. The Balaban J connectivity index is 1.81. The summed E-state index contributed by atoms with van der Waals surface area (Å²) >= 11 is 5.99. The smallest absolute Gasteiger partial charge is 0.329 e. The zero-order valence-corrected chi connectivity index (χ0v) is 14.7. The Morgan fingerprint density at radius 3 is 2.36 bits per heavy atom. The van der Waals surface area contributed by atoms with Gasteiger partial charge in [0.15, 0.2) is 0 Å². The van der Waals surface area contributed by atoms with Crippen LogP contribution in [0, 0.1) is 0 Å². The zero-order valence-electron chi connectivity index (χ0n) is 14.0. The molecule has 0 heterocycles. The molecule has 2 rings (SSSR count). The van der Waals surface area contributed by atoms with Gasteiger partial charge in [0.05, 0.1) is 12.6 Å². The van der Waals surface area contributed by atoms with E-state index in [9.17, 15) is 4.79 Å². The first-order chi connectivity index (χ1) is 12.2. The van der Waals surface area contributed by atoms with Gasteiger partial charge in [0.25, 0.3) is 0 Å². The van der Waals surface area contributed by atoms with E-state index in [-0.39, 0.29) is 12.6 Å². The molecule has 0 aliphatic carbocycles. The predicted molar refractivity (Wildman–Crippen MR) is 99.1 cm³/mol. The molecular weight excluding hydrogens is 340 g/mol. The van der Waals surface area contributed by atoms with E-state index >= 15 is 0 Å². The van der Waals surface area contributed by atoms with Crippen LogP contribution in [0.4, 0.5) is 0 Å². The topological polar surface area (TPSA) is 70.6 Å². The first-order valence-corrected chi connectivity index (χ1v) is 8.58. The molecule has 0 spiro atoms. The SMILES string of the molecule is O=C(O)COCCNCCNC(c1ccccc1)c1ccc(Cl)cc1. The van der Waals surface area contributed by atoms with E-state index in [4.69, 9.17) is 21.4 Å². The first kappa shape index (κ1) is 19.4. The Kier molecular flexibility index (Phi) is 8.42. The van der Waals surface area contributed by atoms with Crippen LogP contribution in [0.3, 0.4) is 0 Å². The minimum Gasteiger partial charge on any atom is -0.480 e. The molecule has 0 radical (unpaired) electrons. The molecule has 134 valence electrons. The van der Waals surface area contributed by atoms with Gasteiger partial charge >= 0.3 is 5.97 Å². The summed E-state index contributed by atoms with van der Waals surface area (Å²) in [5, 5.41) is 16.0. The van der Waals surface area contributed by atoms with Crippen LogP contribution in [0.1, 0.15) is 17.2 Å². The summed E-state index contributed by atoms with van der Waals surface area (Å²) in [4.78, 5) is 10.3. The molecule has 0 fully saturated rings. The Morgan fingerprint density at radius 1 is 1.00 bits per heavy atom. The molecule has 3 N–H and O–H groups in total. The summed E-state index contributed by atoms with van der Waals surface area (Å²) in [6.45, 7) is 2.26. The number of rotatable bonds is 11. The molecule has 0 aliphatic heterocycles. The monoisotopic (exact) mass is 362 g/mol. The van der Waals surface area contributed by atoms with Gasteiger partial charge in [-0.05, 0) is 23.3 Å². The quantitative estimate of drug-likeness (QED) is 0.536. The van der Waals surface area contributed by atoms with Gasteiger partial charge in [0, 0.05) is 24.7 Å². The summed E-state index contributed by atoms with van der Waals surface area (Å²) in [7, 11) is 0. The molecule has 0 saturated heterocycles. The van der Waals surface area contributed by atoms with E-state index in [1.54, 1.807) is 0 Å². The van der Waals surface area contributed by atoms with Crippen LogP contribution in [0.15, 0.2) is 54.6 Å². The normalized spacial score (nSPS) is 12.0. The number of ether oxygens (including phenoxy) is 1. The summed E-state index contributed by atoms with van der Waals surface area (Å²) in [5.41, 5.74) is 2.34. The maximum Gasteiger partial charge on any atom is 0.329 e. The molecule has 5 nitrogen and oxygen atoms in total. The highest BCUT2D eigenvalue weighted by atomic mass is 35.5. The lowest BCUT2D eigenvalue weighted by Crippen LogP contribution is -2.32. The van der Waals surface area contributed by atoms with Crippen molar-refractivity contribution in [2.24, 2.45) is 0 Å². The highest BCUT2D eigenvalue weighted by Gasteiger charge is 2.12. The number of aliphatic carboxylic acids is 1. The molecule has 1 unspecified atom stereocenters. The summed E-state index contributed by atoms with van der Waals surface area (Å²) in [5.74, 6) is -0.949. The van der Waals surface area contributed by atoms with Crippen molar-refractivity contribution in [3.8, 4) is 0 Å². The summed E-state index contributed by atoms with van der Waals surface area (Å²) in [6.07, 6.45) is 0. The average molecular weight is 363 g/mol. The minimum absolute atomic E-state index is 0.0866. The molecule has 0 amide bonds. The second kappa shape index (κ2) is 10.8. The first-order valence-electron chi connectivity index (χ1n) is 8.21. The number of carboxylic acids is 1. The van der Waals surface area contributed by atoms with Crippen LogP contribution in [-0.2, 0) is 9.53 Å². The lowest BCUT2D eigenvalue weighted by Gasteiger charge is -2.20. The van der Waals surface area contributed by atoms with Gasteiger partial charge in [-0.25, -0.2) is 4.79 Å². The fourth-order valence-corrected chi connectivity index (χ4v) is 2.59. The van der Waals surface area contributed by atoms with Crippen LogP contribution in [0.2, 0.25) is 5.02 Å². The van der Waals surface area contributed by atoms with Gasteiger partial charge in [-0.1, -0.05) is 54.1 Å². The van der Waals surface area contributed by atoms with Gasteiger partial charge < -0.3 is 20.5 Å². The number of carbonyl (C=O) groups is 1. The average Bonchev–Trinajstić information content (AvgIpc) is 2.62. The Morgan fingerprint density at radius 2 is 1.68 bits per heavy atom. The van der Waals surface area contributed by atoms with Crippen molar-refractivity contribution in [2.75, 3.05) is 32.8 Å². The van der Waals surface area contributed by atoms with Crippen LogP contribution in [0.5, 0.6) is 0 Å². The van der Waals surface area contributed by atoms with E-state index in [1.165, 1.54) is 5.56 Å². The maximum atomic E-state index is 10.3. The van der Waals surface area contributed by atoms with Gasteiger partial charge in [-0.15, -0.1) is 0 Å². The number of hydrogen-bond acceptors (Lipinski definition) is 4. The Labute approximate surface area is 153 Å². The lowest BCUT2D eigenvalue weighted by molar-refractivity contribution is -0.142. The zero-order chi connectivity index (χ0) is 17.9. The Bertz CT molecular complexity index is 635. The lowest BCUT2D eigenvalue weighted by atomic mass is 9.99. The predicted octanol–water partition coefficient (Wildman–Crippen LogP) is 2.71. The third-order valence-electron chi connectivity index (χ3n) is 3.64. The molecule has 1 atom stereocenters. The number of nitrogens with one attached hydrogen (secondary N) is 2. The van der Waals surface area contributed by atoms with Crippen LogP contribution < -0.4 is 10.6 Å². The van der Waals surface area contributed by atoms with Crippen molar-refractivity contribution in [2.45, 2.75) is 6.04 Å². The number of carboxylic acid groups (broad SMARTS) is 1. The standard InChI is InChI=1S/C19H23ClN2O3/c20-17-8-6-16(7-9-17)19(15-4-2-1-3-5-15)22-11-10-21-12-13-25-14-18(23)24/h1-9,19,21-22H,10-14H2,(H,23,24). The second-order valence-corrected chi connectivity index (χ2v) is 5.98. The van der Waals surface area contributed by atoms with E-state index < -0.39 is 5.97 Å². The molecule has 0 aromatic heterocycles. The van der Waals surface area contributed by atoms with E-state index in [1.807, 2.05) is 42.5 Å².